The van der Waals surface area contributed by atoms with Gasteiger partial charge in [-0.2, -0.15) is 0 Å². The van der Waals surface area contributed by atoms with Crippen LogP contribution in [0.5, 0.6) is 17.2 Å². The number of Topliss-reactive ketones (excluding diaryl/α,β-unsaturated/α-hetero) is 1. The fraction of sp³-hybridized carbons (Fsp3) is 0.290. The van der Waals surface area contributed by atoms with Crippen molar-refractivity contribution in [3.63, 3.8) is 0 Å². The summed E-state index contributed by atoms with van der Waals surface area (Å²) in [5.41, 5.74) is 2.56. The zero-order valence-electron chi connectivity index (χ0n) is 22.9. The Hall–Kier alpha value is -4.30. The first kappa shape index (κ1) is 27.7. The summed E-state index contributed by atoms with van der Waals surface area (Å²) in [6, 6.07) is 19.3. The van der Waals surface area contributed by atoms with Gasteiger partial charge in [0.2, 0.25) is 5.78 Å². The summed E-state index contributed by atoms with van der Waals surface area (Å²) in [6.45, 7) is 3.11. The van der Waals surface area contributed by atoms with Gasteiger partial charge >= 0.3 is 0 Å². The predicted octanol–water partition coefficient (Wildman–Crippen LogP) is 1.96. The molecule has 3 aromatic carbocycles. The maximum Gasteiger partial charge on any atom is 0.295 e. The highest BCUT2D eigenvalue weighted by Crippen LogP contribution is 2.41. The van der Waals surface area contributed by atoms with Gasteiger partial charge in [0.25, 0.3) is 5.91 Å². The number of amides is 1. The van der Waals surface area contributed by atoms with E-state index in [-0.39, 0.29) is 5.57 Å². The number of likely N-dealkylation sites (N-methyl/N-ethyl adjacent to an activating group) is 1. The molecule has 1 aliphatic heterocycles. The van der Waals surface area contributed by atoms with Crippen LogP contribution in [0.1, 0.15) is 28.3 Å². The molecule has 0 bridgehead atoms. The van der Waals surface area contributed by atoms with E-state index in [4.69, 9.17) is 14.2 Å². The third-order valence-corrected chi connectivity index (χ3v) is 6.80. The third kappa shape index (κ3) is 5.91. The van der Waals surface area contributed by atoms with Crippen LogP contribution in [0.15, 0.2) is 72.3 Å². The molecule has 0 radical (unpaired) electrons. The van der Waals surface area contributed by atoms with Crippen LogP contribution in [0.4, 0.5) is 0 Å². The van der Waals surface area contributed by atoms with E-state index >= 15 is 0 Å². The maximum atomic E-state index is 13.9. The fourth-order valence-corrected chi connectivity index (χ4v) is 4.68. The molecule has 204 valence electrons. The number of nitrogens with one attached hydrogen (secondary N) is 1. The number of methoxy groups -OCH3 is 2. The lowest BCUT2D eigenvalue weighted by atomic mass is 9.93. The second-order valence-corrected chi connectivity index (χ2v) is 9.80. The molecule has 3 aromatic rings. The molecular formula is C31H34N2O6. The lowest BCUT2D eigenvalue weighted by molar-refractivity contribution is -0.857. The molecule has 4 rings (SSSR count). The Morgan fingerprint density at radius 2 is 1.67 bits per heavy atom. The molecule has 39 heavy (non-hydrogen) atoms. The van der Waals surface area contributed by atoms with Crippen molar-refractivity contribution in [2.24, 2.45) is 0 Å². The Bertz CT molecular complexity index is 1380. The van der Waals surface area contributed by atoms with Crippen molar-refractivity contribution in [3.8, 4) is 17.2 Å². The van der Waals surface area contributed by atoms with Gasteiger partial charge in [0, 0.05) is 5.57 Å². The molecule has 8 nitrogen and oxygen atoms in total. The molecule has 1 unspecified atom stereocenters. The van der Waals surface area contributed by atoms with Crippen molar-refractivity contribution in [2.75, 3.05) is 41.4 Å². The minimum Gasteiger partial charge on any atom is -0.872 e. The molecule has 1 atom stereocenters. The highest BCUT2D eigenvalue weighted by molar-refractivity contribution is 6.46. The largest absolute Gasteiger partial charge is 0.872 e. The van der Waals surface area contributed by atoms with Crippen LogP contribution >= 0.6 is 0 Å². The first-order chi connectivity index (χ1) is 18.7. The van der Waals surface area contributed by atoms with Gasteiger partial charge in [-0.3, -0.25) is 9.59 Å². The Balaban J connectivity index is 1.74. The van der Waals surface area contributed by atoms with E-state index in [2.05, 4.69) is 0 Å². The number of rotatable bonds is 10. The van der Waals surface area contributed by atoms with Gasteiger partial charge in [-0.25, -0.2) is 0 Å². The van der Waals surface area contributed by atoms with Crippen LogP contribution in [-0.4, -0.2) is 58.0 Å². The molecule has 0 saturated carbocycles. The van der Waals surface area contributed by atoms with Crippen LogP contribution in [0.3, 0.4) is 0 Å². The number of hydrogen-bond donors (Lipinski definition) is 1. The van der Waals surface area contributed by atoms with E-state index < -0.39 is 23.5 Å². The van der Waals surface area contributed by atoms with E-state index in [0.29, 0.717) is 53.6 Å². The molecule has 1 saturated heterocycles. The number of ketones is 1. The SMILES string of the molecule is COc1ccc(C2C(=C([O-])c3ccc(OCc4ccccc4)cc3C)C(=O)C(=O)N2CC[NH+](C)C)cc1OC. The number of hydrogen-bond acceptors (Lipinski definition) is 6. The first-order valence-electron chi connectivity index (χ1n) is 12.8. The quantitative estimate of drug-likeness (QED) is 0.245. The van der Waals surface area contributed by atoms with Crippen LogP contribution in [-0.2, 0) is 16.2 Å². The summed E-state index contributed by atoms with van der Waals surface area (Å²) in [7, 11) is 6.98. The zero-order valence-corrected chi connectivity index (χ0v) is 22.9. The average Bonchev–Trinajstić information content (AvgIpc) is 3.19. The van der Waals surface area contributed by atoms with Crippen molar-refractivity contribution in [1.82, 2.24) is 4.90 Å². The summed E-state index contributed by atoms with van der Waals surface area (Å²) in [5, 5.41) is 13.9. The molecule has 0 spiro atoms. The topological polar surface area (TPSA) is 92.6 Å². The average molecular weight is 531 g/mol. The van der Waals surface area contributed by atoms with E-state index in [0.717, 1.165) is 10.5 Å². The van der Waals surface area contributed by atoms with Crippen molar-refractivity contribution < 1.29 is 33.8 Å². The third-order valence-electron chi connectivity index (χ3n) is 6.80. The first-order valence-corrected chi connectivity index (χ1v) is 12.8. The fourth-order valence-electron chi connectivity index (χ4n) is 4.68. The second-order valence-electron chi connectivity index (χ2n) is 9.80. The van der Waals surface area contributed by atoms with Gasteiger partial charge in [-0.05, 0) is 53.4 Å². The molecular weight excluding hydrogens is 496 g/mol. The zero-order chi connectivity index (χ0) is 28.1. The molecule has 1 aliphatic rings. The number of carbonyl (C=O) groups is 2. The van der Waals surface area contributed by atoms with Crippen molar-refractivity contribution in [2.45, 2.75) is 19.6 Å². The molecule has 1 amide bonds. The molecule has 0 aliphatic carbocycles. The molecule has 1 N–H and O–H groups in total. The number of carbonyl (C=O) groups excluding carboxylic acids is 2. The normalized spacial score (nSPS) is 16.6. The second kappa shape index (κ2) is 12.0. The van der Waals surface area contributed by atoms with E-state index in [9.17, 15) is 14.7 Å². The summed E-state index contributed by atoms with van der Waals surface area (Å²) < 4.78 is 16.7. The smallest absolute Gasteiger partial charge is 0.295 e. The molecule has 0 aromatic heterocycles. The predicted molar refractivity (Wildman–Crippen MR) is 146 cm³/mol. The number of nitrogens with zero attached hydrogens (tertiary/aromatic N) is 1. The van der Waals surface area contributed by atoms with Gasteiger partial charge in [-0.1, -0.05) is 48.2 Å². The minimum absolute atomic E-state index is 0.0676. The highest BCUT2D eigenvalue weighted by atomic mass is 16.5. The van der Waals surface area contributed by atoms with Crippen molar-refractivity contribution >= 4 is 17.4 Å². The molecule has 1 fully saturated rings. The number of aryl methyl sites for hydroxylation is 1. The standard InChI is InChI=1S/C31H34N2O6/c1-20-17-23(39-19-21-9-7-6-8-10-21)12-13-24(20)29(34)27-28(22-11-14-25(37-4)26(18-22)38-5)33(16-15-32(2)3)31(36)30(27)35/h6-14,17-18,28,34H,15-16,19H2,1-5H3. The summed E-state index contributed by atoms with van der Waals surface area (Å²) in [6.07, 6.45) is 0. The van der Waals surface area contributed by atoms with Crippen LogP contribution in [0.2, 0.25) is 0 Å². The molecule has 8 heteroatoms. The van der Waals surface area contributed by atoms with Gasteiger partial charge < -0.3 is 29.1 Å². The van der Waals surface area contributed by atoms with E-state index in [1.165, 1.54) is 19.1 Å². The summed E-state index contributed by atoms with van der Waals surface area (Å²) >= 11 is 0. The number of likely N-dealkylation sites (tertiary alicyclic amines) is 1. The number of quaternary nitrogens is 1. The van der Waals surface area contributed by atoms with Crippen molar-refractivity contribution in [3.05, 3.63) is 94.6 Å². The number of benzene rings is 3. The van der Waals surface area contributed by atoms with Gasteiger partial charge in [0.15, 0.2) is 11.5 Å². The lowest BCUT2D eigenvalue weighted by Gasteiger charge is -2.28. The Kier molecular flexibility index (Phi) is 8.56. The van der Waals surface area contributed by atoms with Gasteiger partial charge in [-0.15, -0.1) is 0 Å². The Morgan fingerprint density at radius 3 is 2.31 bits per heavy atom. The highest BCUT2D eigenvalue weighted by Gasteiger charge is 2.44. The summed E-state index contributed by atoms with van der Waals surface area (Å²) in [5.74, 6) is -0.366. The Morgan fingerprint density at radius 1 is 0.949 bits per heavy atom. The number of ether oxygens (including phenoxy) is 3. The summed E-state index contributed by atoms with van der Waals surface area (Å²) in [4.78, 5) is 29.1. The van der Waals surface area contributed by atoms with Crippen LogP contribution < -0.4 is 24.2 Å². The van der Waals surface area contributed by atoms with E-state index in [1.807, 2.05) is 44.4 Å². The minimum atomic E-state index is -0.843. The van der Waals surface area contributed by atoms with Crippen molar-refractivity contribution in [1.29, 1.82) is 0 Å². The maximum absolute atomic E-state index is 13.9. The molecule has 1 heterocycles. The van der Waals surface area contributed by atoms with Crippen LogP contribution in [0, 0.1) is 6.92 Å². The van der Waals surface area contributed by atoms with Gasteiger partial charge in [0.1, 0.15) is 12.4 Å². The van der Waals surface area contributed by atoms with Gasteiger partial charge in [0.05, 0.1) is 47.4 Å². The lowest BCUT2D eigenvalue weighted by Crippen LogP contribution is -3.06. The van der Waals surface area contributed by atoms with Crippen LogP contribution in [0.25, 0.3) is 5.76 Å². The van der Waals surface area contributed by atoms with E-state index in [1.54, 1.807) is 43.3 Å². The monoisotopic (exact) mass is 530 g/mol. The Labute approximate surface area is 229 Å².